The van der Waals surface area contributed by atoms with Gasteiger partial charge in [0.05, 0.1) is 0 Å². The zero-order valence-electron chi connectivity index (χ0n) is 13.7. The molecule has 0 unspecified atom stereocenters. The lowest BCUT2D eigenvalue weighted by Gasteiger charge is -2.09. The molecule has 0 radical (unpaired) electrons. The van der Waals surface area contributed by atoms with Crippen LogP contribution in [0.25, 0.3) is 0 Å². The number of carbonyl (C=O) groups excluding carboxylic acids is 1. The number of anilines is 3. The molecule has 3 aromatic rings. The van der Waals surface area contributed by atoms with E-state index in [1.54, 1.807) is 18.2 Å². The SMILES string of the molecule is Cc1cc(C)nc(Nc2cccc(C(=O)Nc3ccnc(=O)[nH]3)c2)n1. The molecule has 8 heteroatoms. The van der Waals surface area contributed by atoms with E-state index >= 15 is 0 Å². The average Bonchev–Trinajstić information content (AvgIpc) is 2.54. The van der Waals surface area contributed by atoms with Crippen molar-refractivity contribution in [1.82, 2.24) is 19.9 Å². The highest BCUT2D eigenvalue weighted by molar-refractivity contribution is 6.04. The fourth-order valence-electron chi connectivity index (χ4n) is 2.29. The Morgan fingerprint density at radius 2 is 1.84 bits per heavy atom. The van der Waals surface area contributed by atoms with Crippen LogP contribution in [0, 0.1) is 13.8 Å². The largest absolute Gasteiger partial charge is 0.346 e. The molecule has 0 atom stereocenters. The quantitative estimate of drug-likeness (QED) is 0.673. The van der Waals surface area contributed by atoms with Gasteiger partial charge >= 0.3 is 5.69 Å². The van der Waals surface area contributed by atoms with Crippen LogP contribution in [-0.2, 0) is 0 Å². The second kappa shape index (κ2) is 6.91. The first-order valence-electron chi connectivity index (χ1n) is 7.56. The molecule has 0 aliphatic heterocycles. The predicted molar refractivity (Wildman–Crippen MR) is 94.0 cm³/mol. The molecule has 0 spiro atoms. The van der Waals surface area contributed by atoms with Crippen LogP contribution < -0.4 is 16.3 Å². The Kier molecular flexibility index (Phi) is 4.51. The molecule has 0 aliphatic rings. The highest BCUT2D eigenvalue weighted by Gasteiger charge is 2.08. The van der Waals surface area contributed by atoms with E-state index in [1.807, 2.05) is 26.0 Å². The summed E-state index contributed by atoms with van der Waals surface area (Å²) in [6.07, 6.45) is 1.32. The number of hydrogen-bond donors (Lipinski definition) is 3. The van der Waals surface area contributed by atoms with E-state index in [0.717, 1.165) is 11.4 Å². The Morgan fingerprint density at radius 3 is 2.56 bits per heavy atom. The van der Waals surface area contributed by atoms with Crippen molar-refractivity contribution in [2.75, 3.05) is 10.6 Å². The molecule has 3 rings (SSSR count). The number of aryl methyl sites for hydroxylation is 2. The zero-order valence-corrected chi connectivity index (χ0v) is 13.7. The molecule has 0 saturated heterocycles. The molecule has 0 bridgehead atoms. The molecular weight excluding hydrogens is 320 g/mol. The number of aromatic amines is 1. The number of rotatable bonds is 4. The van der Waals surface area contributed by atoms with E-state index in [4.69, 9.17) is 0 Å². The number of hydrogen-bond acceptors (Lipinski definition) is 6. The second-order valence-corrected chi connectivity index (χ2v) is 5.42. The molecule has 25 heavy (non-hydrogen) atoms. The maximum atomic E-state index is 12.3. The Morgan fingerprint density at radius 1 is 1.08 bits per heavy atom. The summed E-state index contributed by atoms with van der Waals surface area (Å²) < 4.78 is 0. The first kappa shape index (κ1) is 16.3. The van der Waals surface area contributed by atoms with Gasteiger partial charge in [-0.3, -0.25) is 9.78 Å². The highest BCUT2D eigenvalue weighted by Crippen LogP contribution is 2.16. The summed E-state index contributed by atoms with van der Waals surface area (Å²) in [4.78, 5) is 38.1. The van der Waals surface area contributed by atoms with Crippen LogP contribution in [0.2, 0.25) is 0 Å². The van der Waals surface area contributed by atoms with Gasteiger partial charge in [0.25, 0.3) is 5.91 Å². The summed E-state index contributed by atoms with van der Waals surface area (Å²) in [6, 6.07) is 10.3. The molecule has 126 valence electrons. The zero-order chi connectivity index (χ0) is 17.8. The van der Waals surface area contributed by atoms with Crippen molar-refractivity contribution in [3.63, 3.8) is 0 Å². The van der Waals surface area contributed by atoms with Gasteiger partial charge in [0, 0.05) is 28.8 Å². The van der Waals surface area contributed by atoms with Gasteiger partial charge in [-0.25, -0.2) is 19.7 Å². The molecule has 2 aromatic heterocycles. The molecule has 3 N–H and O–H groups in total. The van der Waals surface area contributed by atoms with E-state index in [2.05, 4.69) is 30.6 Å². The minimum Gasteiger partial charge on any atom is -0.324 e. The number of benzene rings is 1. The average molecular weight is 336 g/mol. The fraction of sp³-hybridized carbons (Fsp3) is 0.118. The van der Waals surface area contributed by atoms with Crippen molar-refractivity contribution in [2.24, 2.45) is 0 Å². The lowest BCUT2D eigenvalue weighted by Crippen LogP contribution is -2.17. The van der Waals surface area contributed by atoms with E-state index in [-0.39, 0.29) is 11.7 Å². The molecule has 1 aromatic carbocycles. The van der Waals surface area contributed by atoms with Crippen molar-refractivity contribution in [2.45, 2.75) is 13.8 Å². The summed E-state index contributed by atoms with van der Waals surface area (Å²) in [5.41, 5.74) is 2.28. The van der Waals surface area contributed by atoms with Gasteiger partial charge in [-0.2, -0.15) is 0 Å². The van der Waals surface area contributed by atoms with Gasteiger partial charge in [0.1, 0.15) is 5.82 Å². The first-order chi connectivity index (χ1) is 12.0. The van der Waals surface area contributed by atoms with Crippen molar-refractivity contribution in [3.05, 3.63) is 70.0 Å². The number of H-pyrrole nitrogens is 1. The van der Waals surface area contributed by atoms with Crippen LogP contribution in [0.4, 0.5) is 17.5 Å². The molecule has 0 saturated carbocycles. The van der Waals surface area contributed by atoms with Crippen LogP contribution in [0.1, 0.15) is 21.7 Å². The third-order valence-corrected chi connectivity index (χ3v) is 3.29. The Hall–Kier alpha value is -3.55. The standard InChI is InChI=1S/C17H16N6O2/c1-10-8-11(2)20-16(19-10)21-13-5-3-4-12(9-13)15(24)22-14-6-7-18-17(25)23-14/h3-9H,1-2H3,(H,19,20,21)(H2,18,22,23,24,25). The predicted octanol–water partition coefficient (Wildman–Crippen LogP) is 2.17. The minimum absolute atomic E-state index is 0.279. The van der Waals surface area contributed by atoms with Crippen molar-refractivity contribution >= 4 is 23.4 Å². The van der Waals surface area contributed by atoms with Gasteiger partial charge < -0.3 is 10.6 Å². The van der Waals surface area contributed by atoms with Gasteiger partial charge in [0.15, 0.2) is 0 Å². The summed E-state index contributed by atoms with van der Waals surface area (Å²) in [5, 5.41) is 5.70. The third-order valence-electron chi connectivity index (χ3n) is 3.29. The Bertz CT molecular complexity index is 962. The first-order valence-corrected chi connectivity index (χ1v) is 7.56. The number of nitrogens with zero attached hydrogens (tertiary/aromatic N) is 3. The maximum Gasteiger partial charge on any atom is 0.346 e. The van der Waals surface area contributed by atoms with E-state index in [9.17, 15) is 9.59 Å². The Labute approximate surface area is 143 Å². The van der Waals surface area contributed by atoms with Crippen LogP contribution in [0.3, 0.4) is 0 Å². The molecular formula is C17H16N6O2. The van der Waals surface area contributed by atoms with Crippen LogP contribution >= 0.6 is 0 Å². The third kappa shape index (κ3) is 4.25. The topological polar surface area (TPSA) is 113 Å². The number of nitrogens with one attached hydrogen (secondary N) is 3. The number of aromatic nitrogens is 4. The monoisotopic (exact) mass is 336 g/mol. The number of carbonyl (C=O) groups is 1. The van der Waals surface area contributed by atoms with Crippen LogP contribution in [0.15, 0.2) is 47.4 Å². The van der Waals surface area contributed by atoms with Crippen molar-refractivity contribution < 1.29 is 4.79 Å². The molecule has 0 fully saturated rings. The lowest BCUT2D eigenvalue weighted by molar-refractivity contribution is 0.102. The second-order valence-electron chi connectivity index (χ2n) is 5.42. The van der Waals surface area contributed by atoms with E-state index < -0.39 is 5.69 Å². The highest BCUT2D eigenvalue weighted by atomic mass is 16.2. The van der Waals surface area contributed by atoms with E-state index in [0.29, 0.717) is 17.2 Å². The van der Waals surface area contributed by atoms with Crippen molar-refractivity contribution in [3.8, 4) is 0 Å². The van der Waals surface area contributed by atoms with Crippen molar-refractivity contribution in [1.29, 1.82) is 0 Å². The molecule has 8 nitrogen and oxygen atoms in total. The summed E-state index contributed by atoms with van der Waals surface area (Å²) in [7, 11) is 0. The van der Waals surface area contributed by atoms with Gasteiger partial charge in [0.2, 0.25) is 5.95 Å². The van der Waals surface area contributed by atoms with Crippen LogP contribution in [-0.4, -0.2) is 25.8 Å². The van der Waals surface area contributed by atoms with Gasteiger partial charge in [-0.1, -0.05) is 6.07 Å². The normalized spacial score (nSPS) is 10.3. The van der Waals surface area contributed by atoms with Gasteiger partial charge in [-0.05, 0) is 44.2 Å². The lowest BCUT2D eigenvalue weighted by atomic mass is 10.2. The minimum atomic E-state index is -0.528. The molecule has 2 heterocycles. The summed E-state index contributed by atoms with van der Waals surface area (Å²) in [6.45, 7) is 3.78. The van der Waals surface area contributed by atoms with Gasteiger partial charge in [-0.15, -0.1) is 0 Å². The number of amides is 1. The fourth-order valence-corrected chi connectivity index (χ4v) is 2.29. The van der Waals surface area contributed by atoms with E-state index in [1.165, 1.54) is 12.3 Å². The maximum absolute atomic E-state index is 12.3. The summed E-state index contributed by atoms with van der Waals surface area (Å²) >= 11 is 0. The summed E-state index contributed by atoms with van der Waals surface area (Å²) in [5.74, 6) is 0.390. The molecule has 0 aliphatic carbocycles. The molecule has 1 amide bonds. The van der Waals surface area contributed by atoms with Crippen LogP contribution in [0.5, 0.6) is 0 Å². The Balaban J connectivity index is 1.78. The smallest absolute Gasteiger partial charge is 0.324 e.